The van der Waals surface area contributed by atoms with Gasteiger partial charge in [0.05, 0.1) is 11.4 Å². The zero-order chi connectivity index (χ0) is 15.5. The molecule has 0 spiro atoms. The van der Waals surface area contributed by atoms with Crippen molar-refractivity contribution in [2.75, 3.05) is 5.32 Å². The fourth-order valence-electron chi connectivity index (χ4n) is 1.56. The highest BCUT2D eigenvalue weighted by molar-refractivity contribution is 7.80. The molecule has 0 atom stereocenters. The van der Waals surface area contributed by atoms with Gasteiger partial charge in [-0.15, -0.1) is 13.2 Å². The molecular formula is C13H10F3N3OS. The minimum Gasteiger partial charge on any atom is -0.404 e. The number of ether oxygens (including phenoxy) is 1. The summed E-state index contributed by atoms with van der Waals surface area (Å²) in [5.41, 5.74) is 5.95. The van der Waals surface area contributed by atoms with Gasteiger partial charge in [0.25, 0.3) is 0 Å². The summed E-state index contributed by atoms with van der Waals surface area (Å²) >= 11 is 4.80. The fourth-order valence-corrected chi connectivity index (χ4v) is 1.68. The van der Waals surface area contributed by atoms with E-state index in [9.17, 15) is 13.2 Å². The van der Waals surface area contributed by atoms with Crippen molar-refractivity contribution in [3.63, 3.8) is 0 Å². The SMILES string of the molecule is NC(=S)c1cccc(Nc2ccccc2OC(F)(F)F)n1. The number of para-hydroxylation sites is 2. The van der Waals surface area contributed by atoms with Crippen LogP contribution < -0.4 is 15.8 Å². The number of hydrogen-bond donors (Lipinski definition) is 2. The normalized spacial score (nSPS) is 11.0. The topological polar surface area (TPSA) is 60.2 Å². The number of halogens is 3. The number of rotatable bonds is 4. The summed E-state index contributed by atoms with van der Waals surface area (Å²) in [7, 11) is 0. The lowest BCUT2D eigenvalue weighted by molar-refractivity contribution is -0.274. The zero-order valence-corrected chi connectivity index (χ0v) is 11.3. The van der Waals surface area contributed by atoms with Crippen molar-refractivity contribution < 1.29 is 17.9 Å². The van der Waals surface area contributed by atoms with Gasteiger partial charge in [0.1, 0.15) is 10.8 Å². The highest BCUT2D eigenvalue weighted by atomic mass is 32.1. The first-order valence-electron chi connectivity index (χ1n) is 5.74. The number of alkyl halides is 3. The summed E-state index contributed by atoms with van der Waals surface area (Å²) in [5.74, 6) is -0.0500. The maximum Gasteiger partial charge on any atom is 0.573 e. The number of nitrogens with zero attached hydrogens (tertiary/aromatic N) is 1. The molecule has 8 heteroatoms. The molecule has 0 unspecified atom stereocenters. The van der Waals surface area contributed by atoms with E-state index >= 15 is 0 Å². The maximum absolute atomic E-state index is 12.3. The molecule has 0 amide bonds. The molecule has 0 aliphatic heterocycles. The molecule has 0 radical (unpaired) electrons. The molecule has 1 heterocycles. The van der Waals surface area contributed by atoms with Crippen LogP contribution in [0.15, 0.2) is 42.5 Å². The van der Waals surface area contributed by atoms with Crippen LogP contribution in [0.1, 0.15) is 5.69 Å². The van der Waals surface area contributed by atoms with Gasteiger partial charge in [-0.1, -0.05) is 30.4 Å². The molecular weight excluding hydrogens is 303 g/mol. The Morgan fingerprint density at radius 2 is 1.86 bits per heavy atom. The molecule has 3 N–H and O–H groups in total. The lowest BCUT2D eigenvalue weighted by Gasteiger charge is -2.14. The molecule has 0 bridgehead atoms. The Morgan fingerprint density at radius 1 is 1.14 bits per heavy atom. The zero-order valence-electron chi connectivity index (χ0n) is 10.5. The number of thiocarbonyl (C=S) groups is 1. The van der Waals surface area contributed by atoms with E-state index in [4.69, 9.17) is 18.0 Å². The summed E-state index contributed by atoms with van der Waals surface area (Å²) in [6.45, 7) is 0. The Labute approximate surface area is 123 Å². The van der Waals surface area contributed by atoms with Crippen LogP contribution in [-0.2, 0) is 0 Å². The number of aromatic nitrogens is 1. The summed E-state index contributed by atoms with van der Waals surface area (Å²) in [4.78, 5) is 4.19. The first-order chi connectivity index (χ1) is 9.85. The van der Waals surface area contributed by atoms with Crippen molar-refractivity contribution in [3.8, 4) is 5.75 Å². The molecule has 2 aromatic rings. The van der Waals surface area contributed by atoms with E-state index in [1.807, 2.05) is 0 Å². The summed E-state index contributed by atoms with van der Waals surface area (Å²) in [6, 6.07) is 10.5. The second-order valence-corrected chi connectivity index (χ2v) is 4.38. The van der Waals surface area contributed by atoms with Crippen molar-refractivity contribution in [2.24, 2.45) is 5.73 Å². The molecule has 21 heavy (non-hydrogen) atoms. The van der Waals surface area contributed by atoms with Gasteiger partial charge < -0.3 is 15.8 Å². The molecule has 0 fully saturated rings. The second kappa shape index (κ2) is 5.96. The van der Waals surface area contributed by atoms with E-state index in [2.05, 4.69) is 15.0 Å². The van der Waals surface area contributed by atoms with Gasteiger partial charge in [-0.3, -0.25) is 0 Å². The van der Waals surface area contributed by atoms with Gasteiger partial charge in [0.15, 0.2) is 5.75 Å². The average molecular weight is 313 g/mol. The average Bonchev–Trinajstić information content (AvgIpc) is 2.40. The molecule has 1 aromatic heterocycles. The third kappa shape index (κ3) is 4.32. The Morgan fingerprint density at radius 3 is 2.52 bits per heavy atom. The molecule has 2 rings (SSSR count). The molecule has 0 aliphatic carbocycles. The second-order valence-electron chi connectivity index (χ2n) is 3.94. The minimum atomic E-state index is -4.77. The molecule has 1 aromatic carbocycles. The van der Waals surface area contributed by atoms with Crippen molar-refractivity contribution in [2.45, 2.75) is 6.36 Å². The van der Waals surface area contributed by atoms with Gasteiger partial charge in [-0.05, 0) is 24.3 Å². The maximum atomic E-state index is 12.3. The Kier molecular flexibility index (Phi) is 4.27. The van der Waals surface area contributed by atoms with Crippen molar-refractivity contribution >= 4 is 28.7 Å². The molecule has 0 aliphatic rings. The summed E-state index contributed by atoms with van der Waals surface area (Å²) in [5, 5.41) is 2.74. The van der Waals surface area contributed by atoms with Crippen molar-refractivity contribution in [1.29, 1.82) is 0 Å². The third-order valence-electron chi connectivity index (χ3n) is 2.38. The Hall–Kier alpha value is -2.35. The number of hydrogen-bond acceptors (Lipinski definition) is 4. The summed E-state index contributed by atoms with van der Waals surface area (Å²) in [6.07, 6.45) is -4.77. The van der Waals surface area contributed by atoms with Crippen LogP contribution in [0.4, 0.5) is 24.7 Å². The van der Waals surface area contributed by atoms with E-state index in [1.54, 1.807) is 24.3 Å². The number of anilines is 2. The van der Waals surface area contributed by atoms with Gasteiger partial charge in [0.2, 0.25) is 0 Å². The van der Waals surface area contributed by atoms with Crippen LogP contribution in [0.2, 0.25) is 0 Å². The number of nitrogens with two attached hydrogens (primary N) is 1. The van der Waals surface area contributed by atoms with Crippen LogP contribution in [0.25, 0.3) is 0 Å². The van der Waals surface area contributed by atoms with E-state index in [0.717, 1.165) is 0 Å². The molecule has 0 saturated heterocycles. The Balaban J connectivity index is 2.27. The van der Waals surface area contributed by atoms with Crippen LogP contribution in [0.5, 0.6) is 5.75 Å². The molecule has 4 nitrogen and oxygen atoms in total. The van der Waals surface area contributed by atoms with Gasteiger partial charge in [0, 0.05) is 0 Å². The lowest BCUT2D eigenvalue weighted by atomic mass is 10.3. The minimum absolute atomic E-state index is 0.0958. The standard InChI is InChI=1S/C13H10F3N3OS/c14-13(15,16)20-10-6-2-1-4-8(10)18-11-7-3-5-9(19-11)12(17)21/h1-7H,(H2,17,21)(H,18,19). The van der Waals surface area contributed by atoms with Crippen LogP contribution in [0.3, 0.4) is 0 Å². The van der Waals surface area contributed by atoms with Gasteiger partial charge in [-0.25, -0.2) is 4.98 Å². The largest absolute Gasteiger partial charge is 0.573 e. The first kappa shape index (κ1) is 15.0. The van der Waals surface area contributed by atoms with Gasteiger partial charge >= 0.3 is 6.36 Å². The van der Waals surface area contributed by atoms with Crippen molar-refractivity contribution in [3.05, 3.63) is 48.2 Å². The van der Waals surface area contributed by atoms with Gasteiger partial charge in [-0.2, -0.15) is 0 Å². The predicted molar refractivity (Wildman–Crippen MR) is 76.5 cm³/mol. The fraction of sp³-hybridized carbons (Fsp3) is 0.0769. The third-order valence-corrected chi connectivity index (χ3v) is 2.59. The predicted octanol–water partition coefficient (Wildman–Crippen LogP) is 3.36. The monoisotopic (exact) mass is 313 g/mol. The van der Waals surface area contributed by atoms with E-state index in [0.29, 0.717) is 11.5 Å². The van der Waals surface area contributed by atoms with Crippen LogP contribution in [0, 0.1) is 0 Å². The number of nitrogens with one attached hydrogen (secondary N) is 1. The number of benzene rings is 1. The highest BCUT2D eigenvalue weighted by Crippen LogP contribution is 2.31. The Bertz CT molecular complexity index is 661. The van der Waals surface area contributed by atoms with Crippen LogP contribution >= 0.6 is 12.2 Å². The van der Waals surface area contributed by atoms with E-state index in [1.165, 1.54) is 18.2 Å². The van der Waals surface area contributed by atoms with E-state index in [-0.39, 0.29) is 16.4 Å². The van der Waals surface area contributed by atoms with E-state index < -0.39 is 6.36 Å². The first-order valence-corrected chi connectivity index (χ1v) is 6.14. The quantitative estimate of drug-likeness (QED) is 0.848. The molecule has 0 saturated carbocycles. The number of pyridine rings is 1. The van der Waals surface area contributed by atoms with Crippen molar-refractivity contribution in [1.82, 2.24) is 4.98 Å². The van der Waals surface area contributed by atoms with Crippen LogP contribution in [-0.4, -0.2) is 16.3 Å². The smallest absolute Gasteiger partial charge is 0.404 e. The summed E-state index contributed by atoms with van der Waals surface area (Å²) < 4.78 is 40.9. The highest BCUT2D eigenvalue weighted by Gasteiger charge is 2.32. The molecule has 110 valence electrons. The lowest BCUT2D eigenvalue weighted by Crippen LogP contribution is -2.18.